The van der Waals surface area contributed by atoms with Crippen molar-refractivity contribution in [2.24, 2.45) is 5.92 Å². The highest BCUT2D eigenvalue weighted by molar-refractivity contribution is 7.14. The third kappa shape index (κ3) is 4.57. The minimum absolute atomic E-state index is 0.0407. The van der Waals surface area contributed by atoms with E-state index in [9.17, 15) is 14.9 Å². The Labute approximate surface area is 160 Å². The first kappa shape index (κ1) is 18.8. The van der Waals surface area contributed by atoms with Crippen molar-refractivity contribution in [3.8, 4) is 0 Å². The van der Waals surface area contributed by atoms with Crippen LogP contribution in [0.5, 0.6) is 0 Å². The van der Waals surface area contributed by atoms with E-state index in [2.05, 4.69) is 22.1 Å². The smallest absolute Gasteiger partial charge is 0.283 e. The van der Waals surface area contributed by atoms with E-state index >= 15 is 0 Å². The normalized spacial score (nSPS) is 17.8. The Bertz CT molecular complexity index is 826. The molecule has 0 bridgehead atoms. The van der Waals surface area contributed by atoms with Gasteiger partial charge in [-0.2, -0.15) is 0 Å². The maximum absolute atomic E-state index is 12.4. The average molecular weight is 395 g/mol. The van der Waals surface area contributed by atoms with E-state index in [4.69, 9.17) is 11.6 Å². The van der Waals surface area contributed by atoms with Gasteiger partial charge in [-0.3, -0.25) is 25.1 Å². The molecule has 3 rings (SSSR count). The molecule has 1 amide bonds. The summed E-state index contributed by atoms with van der Waals surface area (Å²) >= 11 is 7.09. The monoisotopic (exact) mass is 394 g/mol. The van der Waals surface area contributed by atoms with Crippen LogP contribution in [0, 0.1) is 16.0 Å². The molecule has 9 heteroatoms. The number of aromatic nitrogens is 1. The third-order valence-corrected chi connectivity index (χ3v) is 5.34. The van der Waals surface area contributed by atoms with Gasteiger partial charge < -0.3 is 0 Å². The molecule has 138 valence electrons. The molecule has 1 aliphatic rings. The second-order valence-corrected chi connectivity index (χ2v) is 7.79. The van der Waals surface area contributed by atoms with E-state index < -0.39 is 10.8 Å². The fourth-order valence-electron chi connectivity index (χ4n) is 3.11. The number of halogens is 1. The van der Waals surface area contributed by atoms with Crippen molar-refractivity contribution in [3.05, 3.63) is 50.0 Å². The summed E-state index contributed by atoms with van der Waals surface area (Å²) in [5, 5.41) is 16.3. The zero-order valence-electron chi connectivity index (χ0n) is 14.3. The van der Waals surface area contributed by atoms with E-state index in [-0.39, 0.29) is 16.3 Å². The molecule has 7 nitrogen and oxygen atoms in total. The lowest BCUT2D eigenvalue weighted by atomic mass is 10.0. The summed E-state index contributed by atoms with van der Waals surface area (Å²) in [4.78, 5) is 29.7. The van der Waals surface area contributed by atoms with Gasteiger partial charge in [-0.15, -0.1) is 11.3 Å². The summed E-state index contributed by atoms with van der Waals surface area (Å²) < 4.78 is 0. The molecule has 1 aromatic carbocycles. The molecule has 0 aliphatic carbocycles. The Kier molecular flexibility index (Phi) is 5.85. The fourth-order valence-corrected chi connectivity index (χ4v) is 3.97. The number of nitrogens with zero attached hydrogens (tertiary/aromatic N) is 3. The molecular weight excluding hydrogens is 376 g/mol. The number of benzene rings is 1. The van der Waals surface area contributed by atoms with Gasteiger partial charge in [-0.1, -0.05) is 18.5 Å². The molecule has 2 heterocycles. The van der Waals surface area contributed by atoms with Crippen LogP contribution >= 0.6 is 22.9 Å². The largest absolute Gasteiger partial charge is 0.298 e. The zero-order chi connectivity index (χ0) is 18.7. The van der Waals surface area contributed by atoms with Crippen LogP contribution in [0.4, 0.5) is 10.8 Å². The molecule has 0 saturated carbocycles. The van der Waals surface area contributed by atoms with E-state index in [0.717, 1.165) is 25.3 Å². The second kappa shape index (κ2) is 8.11. The van der Waals surface area contributed by atoms with Gasteiger partial charge in [-0.25, -0.2) is 4.98 Å². The van der Waals surface area contributed by atoms with Crippen LogP contribution in [0.15, 0.2) is 23.6 Å². The Morgan fingerprint density at radius 2 is 2.35 bits per heavy atom. The summed E-state index contributed by atoms with van der Waals surface area (Å²) in [6, 6.07) is 3.97. The van der Waals surface area contributed by atoms with E-state index in [1.807, 2.05) is 5.38 Å². The van der Waals surface area contributed by atoms with Gasteiger partial charge in [0.25, 0.3) is 11.6 Å². The van der Waals surface area contributed by atoms with Crippen molar-refractivity contribution in [1.82, 2.24) is 9.88 Å². The molecule has 2 aromatic rings. The van der Waals surface area contributed by atoms with Crippen LogP contribution < -0.4 is 5.32 Å². The molecule has 0 radical (unpaired) electrons. The summed E-state index contributed by atoms with van der Waals surface area (Å²) in [7, 11) is 0. The van der Waals surface area contributed by atoms with Gasteiger partial charge in [0.1, 0.15) is 5.56 Å². The molecule has 1 fully saturated rings. The second-order valence-electron chi connectivity index (χ2n) is 6.50. The van der Waals surface area contributed by atoms with Crippen molar-refractivity contribution in [2.75, 3.05) is 18.4 Å². The molecular formula is C17H19ClN4O3S. The van der Waals surface area contributed by atoms with E-state index in [0.29, 0.717) is 11.0 Å². The molecule has 0 unspecified atom stereocenters. The molecule has 1 saturated heterocycles. The van der Waals surface area contributed by atoms with Crippen LogP contribution in [0.2, 0.25) is 5.02 Å². The molecule has 0 spiro atoms. The number of piperidine rings is 1. The number of likely N-dealkylation sites (tertiary alicyclic amines) is 1. The summed E-state index contributed by atoms with van der Waals surface area (Å²) in [6.45, 7) is 5.10. The SMILES string of the molecule is C[C@H]1CCCN(Cc2csc(NC(=O)c3ccc(Cl)cc3[N+](=O)[O-])n2)C1. The number of anilines is 1. The lowest BCUT2D eigenvalue weighted by molar-refractivity contribution is -0.385. The first-order valence-electron chi connectivity index (χ1n) is 8.34. The van der Waals surface area contributed by atoms with Crippen molar-refractivity contribution in [3.63, 3.8) is 0 Å². The minimum atomic E-state index is -0.619. The number of thiazole rings is 1. The highest BCUT2D eigenvalue weighted by Gasteiger charge is 2.22. The summed E-state index contributed by atoms with van der Waals surface area (Å²) in [5.74, 6) is 0.118. The van der Waals surface area contributed by atoms with Crippen LogP contribution in [0.1, 0.15) is 35.8 Å². The number of carbonyl (C=O) groups excluding carboxylic acids is 1. The predicted molar refractivity (Wildman–Crippen MR) is 102 cm³/mol. The third-order valence-electron chi connectivity index (χ3n) is 4.30. The van der Waals surface area contributed by atoms with Crippen LogP contribution in [0.25, 0.3) is 0 Å². The molecule has 1 aliphatic heterocycles. The number of nitro groups is 1. The highest BCUT2D eigenvalue weighted by atomic mass is 35.5. The number of carbonyl (C=O) groups is 1. The Balaban J connectivity index is 1.67. The summed E-state index contributed by atoms with van der Waals surface area (Å²) in [6.07, 6.45) is 2.45. The van der Waals surface area contributed by atoms with E-state index in [1.54, 1.807) is 0 Å². The molecule has 1 aromatic heterocycles. The quantitative estimate of drug-likeness (QED) is 0.606. The maximum atomic E-state index is 12.4. The van der Waals surface area contributed by atoms with Gasteiger partial charge in [0.2, 0.25) is 0 Å². The lowest BCUT2D eigenvalue weighted by Gasteiger charge is -2.30. The fraction of sp³-hybridized carbons (Fsp3) is 0.412. The van der Waals surface area contributed by atoms with Gasteiger partial charge >= 0.3 is 0 Å². The first-order valence-corrected chi connectivity index (χ1v) is 9.60. The van der Waals surface area contributed by atoms with Crippen molar-refractivity contribution >= 4 is 39.7 Å². The number of hydrogen-bond donors (Lipinski definition) is 1. The van der Waals surface area contributed by atoms with Crippen molar-refractivity contribution in [1.29, 1.82) is 0 Å². The number of rotatable bonds is 5. The first-order chi connectivity index (χ1) is 12.4. The minimum Gasteiger partial charge on any atom is -0.298 e. The Hall–Kier alpha value is -2.03. The summed E-state index contributed by atoms with van der Waals surface area (Å²) in [5.41, 5.74) is 0.528. The van der Waals surface area contributed by atoms with Gasteiger partial charge in [0, 0.05) is 29.6 Å². The Morgan fingerprint density at radius 1 is 1.54 bits per heavy atom. The average Bonchev–Trinajstić information content (AvgIpc) is 3.01. The molecule has 1 atom stereocenters. The zero-order valence-corrected chi connectivity index (χ0v) is 15.8. The number of nitrogens with one attached hydrogen (secondary N) is 1. The van der Waals surface area contributed by atoms with Crippen molar-refractivity contribution in [2.45, 2.75) is 26.3 Å². The molecule has 1 N–H and O–H groups in total. The Morgan fingerprint density at radius 3 is 3.08 bits per heavy atom. The maximum Gasteiger partial charge on any atom is 0.283 e. The lowest BCUT2D eigenvalue weighted by Crippen LogP contribution is -2.33. The van der Waals surface area contributed by atoms with Crippen LogP contribution in [-0.4, -0.2) is 33.8 Å². The standard InChI is InChI=1S/C17H19ClN4O3S/c1-11-3-2-6-21(8-11)9-13-10-26-17(19-13)20-16(23)14-5-4-12(18)7-15(14)22(24)25/h4-5,7,10-11H,2-3,6,8-9H2,1H3,(H,19,20,23)/t11-/m0/s1. The van der Waals surface area contributed by atoms with Crippen LogP contribution in [0.3, 0.4) is 0 Å². The van der Waals surface area contributed by atoms with Crippen LogP contribution in [-0.2, 0) is 6.54 Å². The van der Waals surface area contributed by atoms with Gasteiger partial charge in [0.15, 0.2) is 5.13 Å². The van der Waals surface area contributed by atoms with Crippen molar-refractivity contribution < 1.29 is 9.72 Å². The van der Waals surface area contributed by atoms with Gasteiger partial charge in [-0.05, 0) is 37.4 Å². The predicted octanol–water partition coefficient (Wildman–Crippen LogP) is 4.19. The number of amides is 1. The topological polar surface area (TPSA) is 88.4 Å². The van der Waals surface area contributed by atoms with E-state index in [1.165, 1.54) is 42.4 Å². The van der Waals surface area contributed by atoms with Gasteiger partial charge in [0.05, 0.1) is 10.6 Å². The highest BCUT2D eigenvalue weighted by Crippen LogP contribution is 2.25. The molecule has 26 heavy (non-hydrogen) atoms. The number of nitro benzene ring substituents is 1. The number of hydrogen-bond acceptors (Lipinski definition) is 6.